The predicted molar refractivity (Wildman–Crippen MR) is 134 cm³/mol. The van der Waals surface area contributed by atoms with Gasteiger partial charge in [0.05, 0.1) is 39.2 Å². The van der Waals surface area contributed by atoms with E-state index in [0.29, 0.717) is 46.1 Å². The zero-order valence-electron chi connectivity index (χ0n) is 19.1. The van der Waals surface area contributed by atoms with Gasteiger partial charge in [0.1, 0.15) is 17.5 Å². The highest BCUT2D eigenvalue weighted by Crippen LogP contribution is 2.49. The van der Waals surface area contributed by atoms with Crippen molar-refractivity contribution in [2.45, 2.75) is 54.9 Å². The van der Waals surface area contributed by atoms with Gasteiger partial charge in [-0.1, -0.05) is 23.7 Å². The van der Waals surface area contributed by atoms with E-state index in [4.69, 9.17) is 16.6 Å². The summed E-state index contributed by atoms with van der Waals surface area (Å²) in [5, 5.41) is 24.5. The molecule has 34 heavy (non-hydrogen) atoms. The molecule has 3 heterocycles. The van der Waals surface area contributed by atoms with Gasteiger partial charge in [-0.3, -0.25) is 4.21 Å². The quantitative estimate of drug-likeness (QED) is 0.644. The molecule has 2 unspecified atom stereocenters. The van der Waals surface area contributed by atoms with Crippen LogP contribution in [0.5, 0.6) is 0 Å². The molecule has 0 amide bonds. The fraction of sp³-hybridized carbons (Fsp3) is 0.538. The van der Waals surface area contributed by atoms with E-state index in [9.17, 15) is 14.6 Å². The van der Waals surface area contributed by atoms with Gasteiger partial charge in [-0.25, -0.2) is 4.98 Å². The lowest BCUT2D eigenvalue weighted by molar-refractivity contribution is 0.144. The minimum atomic E-state index is -1.16. The summed E-state index contributed by atoms with van der Waals surface area (Å²) in [6, 6.07) is 10.7. The number of aliphatic hydroxyl groups is 1. The first kappa shape index (κ1) is 22.3. The lowest BCUT2D eigenvalue weighted by atomic mass is 9.77. The van der Waals surface area contributed by atoms with Gasteiger partial charge in [-0.15, -0.1) is 0 Å². The predicted octanol–water partition coefficient (Wildman–Crippen LogP) is 4.23. The Kier molecular flexibility index (Phi) is 5.59. The van der Waals surface area contributed by atoms with Crippen LogP contribution in [0.4, 0.5) is 11.5 Å². The number of aromatic nitrogens is 1. The zero-order valence-corrected chi connectivity index (χ0v) is 20.7. The average Bonchev–Trinajstić information content (AvgIpc) is 3.49. The van der Waals surface area contributed by atoms with Crippen LogP contribution in [0, 0.1) is 23.2 Å². The molecule has 2 aromatic rings. The highest BCUT2D eigenvalue weighted by atomic mass is 35.5. The number of nitriles is 1. The second kappa shape index (κ2) is 8.51. The standard InChI is InChI=1S/C26H29ClN4O2S/c27-20-4-2-16(3-5-20)17-10-18-13-31(14-19(18)11-17)25-21(12-28)23(30-26(15-32)7-1-8-26)24-22(29-25)6-9-34(24)33/h2-5,17-19,32H,1,6-11,13-15H2,(H,29,30)/t17?,18?,19?,34-/m1/s1. The number of rotatable bonds is 5. The van der Waals surface area contributed by atoms with Crippen molar-refractivity contribution in [3.8, 4) is 6.07 Å². The fourth-order valence-corrected chi connectivity index (χ4v) is 7.94. The topological polar surface area (TPSA) is 89.2 Å². The van der Waals surface area contributed by atoms with Gasteiger partial charge < -0.3 is 15.3 Å². The van der Waals surface area contributed by atoms with E-state index in [0.717, 1.165) is 61.7 Å². The van der Waals surface area contributed by atoms with E-state index in [1.54, 1.807) is 0 Å². The minimum Gasteiger partial charge on any atom is -0.394 e. The fourth-order valence-electron chi connectivity index (χ4n) is 6.44. The van der Waals surface area contributed by atoms with Gasteiger partial charge in [-0.2, -0.15) is 5.26 Å². The minimum absolute atomic E-state index is 0.0108. The van der Waals surface area contributed by atoms with E-state index in [-0.39, 0.29) is 6.61 Å². The Bertz CT molecular complexity index is 1170. The number of hydrogen-bond acceptors (Lipinski definition) is 6. The van der Waals surface area contributed by atoms with Crippen molar-refractivity contribution in [1.29, 1.82) is 5.26 Å². The molecule has 0 spiro atoms. The van der Waals surface area contributed by atoms with Gasteiger partial charge in [0.2, 0.25) is 0 Å². The summed E-state index contributed by atoms with van der Waals surface area (Å²) in [6.07, 6.45) is 5.70. The van der Waals surface area contributed by atoms with Crippen LogP contribution in [0.15, 0.2) is 29.2 Å². The van der Waals surface area contributed by atoms with Crippen molar-refractivity contribution in [1.82, 2.24) is 4.98 Å². The molecular weight excluding hydrogens is 468 g/mol. The number of nitrogens with one attached hydrogen (secondary N) is 1. The molecule has 1 saturated heterocycles. The van der Waals surface area contributed by atoms with Crippen LogP contribution in [0.1, 0.15) is 54.8 Å². The smallest absolute Gasteiger partial charge is 0.149 e. The molecule has 0 radical (unpaired) electrons. The molecule has 1 aromatic heterocycles. The number of halogens is 1. The van der Waals surface area contributed by atoms with E-state index in [2.05, 4.69) is 28.4 Å². The average molecular weight is 497 g/mol. The van der Waals surface area contributed by atoms with E-state index >= 15 is 0 Å². The second-order valence-electron chi connectivity index (χ2n) is 10.4. The number of aliphatic hydroxyl groups excluding tert-OH is 1. The molecule has 4 aliphatic rings. The van der Waals surface area contributed by atoms with Crippen LogP contribution in [0.2, 0.25) is 5.02 Å². The van der Waals surface area contributed by atoms with Crippen LogP contribution in [0.25, 0.3) is 0 Å². The van der Waals surface area contributed by atoms with Crippen LogP contribution in [-0.4, -0.2) is 45.3 Å². The Labute approximate surface area is 207 Å². The Morgan fingerprint density at radius 1 is 1.24 bits per heavy atom. The van der Waals surface area contributed by atoms with Crippen LogP contribution in [0.3, 0.4) is 0 Å². The van der Waals surface area contributed by atoms with Gasteiger partial charge in [0.25, 0.3) is 0 Å². The Morgan fingerprint density at radius 2 is 1.94 bits per heavy atom. The maximum Gasteiger partial charge on any atom is 0.149 e. The van der Waals surface area contributed by atoms with Gasteiger partial charge >= 0.3 is 0 Å². The molecule has 2 saturated carbocycles. The summed E-state index contributed by atoms with van der Waals surface area (Å²) in [7, 11) is -1.16. The highest BCUT2D eigenvalue weighted by molar-refractivity contribution is 7.85. The van der Waals surface area contributed by atoms with Crippen molar-refractivity contribution < 1.29 is 9.32 Å². The SMILES string of the molecule is N#Cc1c(N2CC3CC(c4ccc(Cl)cc4)CC3C2)nc2c(c1NC1(CO)CCC1)[S@](=O)CC2. The molecule has 2 N–H and O–H groups in total. The molecule has 6 rings (SSSR count). The Balaban J connectivity index is 1.29. The normalized spacial score (nSPS) is 28.8. The summed E-state index contributed by atoms with van der Waals surface area (Å²) >= 11 is 6.08. The summed E-state index contributed by atoms with van der Waals surface area (Å²) in [5.74, 6) is 2.98. The summed E-state index contributed by atoms with van der Waals surface area (Å²) in [5.41, 5.74) is 2.94. The zero-order chi connectivity index (χ0) is 23.4. The molecule has 3 fully saturated rings. The lowest BCUT2D eigenvalue weighted by Crippen LogP contribution is -2.48. The van der Waals surface area contributed by atoms with Crippen LogP contribution >= 0.6 is 11.6 Å². The monoisotopic (exact) mass is 496 g/mol. The maximum atomic E-state index is 12.9. The van der Waals surface area contributed by atoms with E-state index in [1.807, 2.05) is 12.1 Å². The largest absolute Gasteiger partial charge is 0.394 e. The molecule has 6 nitrogen and oxygen atoms in total. The molecule has 1 aromatic carbocycles. The number of pyridine rings is 1. The van der Waals surface area contributed by atoms with Crippen molar-refractivity contribution in [3.63, 3.8) is 0 Å². The lowest BCUT2D eigenvalue weighted by Gasteiger charge is -2.42. The summed E-state index contributed by atoms with van der Waals surface area (Å²) in [4.78, 5) is 7.89. The number of anilines is 2. The van der Waals surface area contributed by atoms with Gasteiger partial charge in [-0.05, 0) is 67.6 Å². The third kappa shape index (κ3) is 3.62. The third-order valence-corrected chi connectivity index (χ3v) is 10.2. The van der Waals surface area contributed by atoms with E-state index < -0.39 is 16.3 Å². The van der Waals surface area contributed by atoms with Crippen LogP contribution in [-0.2, 0) is 17.2 Å². The highest BCUT2D eigenvalue weighted by Gasteiger charge is 2.44. The first-order chi connectivity index (χ1) is 16.5. The van der Waals surface area contributed by atoms with Crippen LogP contribution < -0.4 is 10.2 Å². The van der Waals surface area contributed by atoms with Gasteiger partial charge in [0, 0.05) is 30.3 Å². The van der Waals surface area contributed by atoms with Gasteiger partial charge in [0.15, 0.2) is 0 Å². The molecule has 3 atom stereocenters. The summed E-state index contributed by atoms with van der Waals surface area (Å²) < 4.78 is 12.9. The molecule has 8 heteroatoms. The number of nitrogens with zero attached hydrogens (tertiary/aromatic N) is 3. The molecule has 178 valence electrons. The number of hydrogen-bond donors (Lipinski definition) is 2. The van der Waals surface area contributed by atoms with Crippen molar-refractivity contribution in [2.24, 2.45) is 11.8 Å². The molecular formula is C26H29ClN4O2S. The van der Waals surface area contributed by atoms with Crippen molar-refractivity contribution in [3.05, 3.63) is 46.1 Å². The number of benzene rings is 1. The Hall–Kier alpha value is -2.14. The maximum absolute atomic E-state index is 12.9. The first-order valence-electron chi connectivity index (χ1n) is 12.2. The summed E-state index contributed by atoms with van der Waals surface area (Å²) in [6.45, 7) is 1.79. The molecule has 0 bridgehead atoms. The Morgan fingerprint density at radius 3 is 2.53 bits per heavy atom. The first-order valence-corrected chi connectivity index (χ1v) is 13.9. The molecule has 2 aliphatic carbocycles. The van der Waals surface area contributed by atoms with Crippen molar-refractivity contribution in [2.75, 3.05) is 35.7 Å². The number of fused-ring (bicyclic) bond motifs is 2. The third-order valence-electron chi connectivity index (χ3n) is 8.46. The molecule has 2 aliphatic heterocycles. The second-order valence-corrected chi connectivity index (χ2v) is 12.4. The van der Waals surface area contributed by atoms with Crippen molar-refractivity contribution >= 4 is 33.9 Å². The van der Waals surface area contributed by atoms with E-state index in [1.165, 1.54) is 5.56 Å². The number of aryl methyl sites for hydroxylation is 1.